The van der Waals surface area contributed by atoms with Crippen molar-refractivity contribution in [3.63, 3.8) is 0 Å². The van der Waals surface area contributed by atoms with Crippen LogP contribution in [-0.4, -0.2) is 42.7 Å². The van der Waals surface area contributed by atoms with E-state index in [1.54, 1.807) is 7.05 Å². The van der Waals surface area contributed by atoms with E-state index in [2.05, 4.69) is 30.4 Å². The van der Waals surface area contributed by atoms with Crippen LogP contribution in [0.2, 0.25) is 0 Å². The number of H-pyrrole nitrogens is 1. The van der Waals surface area contributed by atoms with Gasteiger partial charge in [-0.3, -0.25) is 4.79 Å². The van der Waals surface area contributed by atoms with E-state index in [0.717, 1.165) is 0 Å². The summed E-state index contributed by atoms with van der Waals surface area (Å²) < 4.78 is 1.45. The van der Waals surface area contributed by atoms with Crippen molar-refractivity contribution in [1.82, 2.24) is 29.7 Å². The molecule has 9 heteroatoms. The fourth-order valence-electron chi connectivity index (χ4n) is 1.66. The molecule has 0 aromatic carbocycles. The zero-order valence-electron chi connectivity index (χ0n) is 9.95. The molecule has 3 aromatic rings. The van der Waals surface area contributed by atoms with Gasteiger partial charge in [0, 0.05) is 13.2 Å². The molecule has 0 atom stereocenters. The number of nitrogens with one attached hydrogen (secondary N) is 2. The summed E-state index contributed by atoms with van der Waals surface area (Å²) in [5, 5.41) is 6.90. The van der Waals surface area contributed by atoms with Crippen LogP contribution in [0.15, 0.2) is 18.7 Å². The molecule has 19 heavy (non-hydrogen) atoms. The highest BCUT2D eigenvalue weighted by Gasteiger charge is 2.13. The second-order valence-corrected chi connectivity index (χ2v) is 3.76. The number of carbonyl (C=O) groups is 1. The van der Waals surface area contributed by atoms with Gasteiger partial charge in [0.1, 0.15) is 5.52 Å². The lowest BCUT2D eigenvalue weighted by Crippen LogP contribution is -2.09. The molecule has 0 saturated heterocycles. The van der Waals surface area contributed by atoms with E-state index >= 15 is 0 Å². The first-order chi connectivity index (χ1) is 9.19. The highest BCUT2D eigenvalue weighted by atomic mass is 16.1. The summed E-state index contributed by atoms with van der Waals surface area (Å²) in [7, 11) is 1.70. The van der Waals surface area contributed by atoms with E-state index in [1.165, 1.54) is 23.4 Å². The Morgan fingerprint density at radius 3 is 3.00 bits per heavy atom. The lowest BCUT2D eigenvalue weighted by atomic mass is 10.3. The average Bonchev–Trinajstić information content (AvgIpc) is 3.06. The standard InChI is InChI=1S/C10H10N8O/c1-12-10-16-8-6(13-4-14-8)9(17-10)18-3-5(2-15-18)7(11)19/h2-4H,1H3,(H2,11,19)(H2,12,13,14,16,17). The van der Waals surface area contributed by atoms with Crippen LogP contribution in [0.25, 0.3) is 17.0 Å². The van der Waals surface area contributed by atoms with E-state index in [4.69, 9.17) is 5.73 Å². The van der Waals surface area contributed by atoms with Crippen LogP contribution in [0.5, 0.6) is 0 Å². The normalized spacial score (nSPS) is 10.8. The number of hydrogen-bond acceptors (Lipinski definition) is 6. The first kappa shape index (κ1) is 11.1. The fourth-order valence-corrected chi connectivity index (χ4v) is 1.66. The van der Waals surface area contributed by atoms with Crippen molar-refractivity contribution in [3.8, 4) is 5.82 Å². The van der Waals surface area contributed by atoms with Gasteiger partial charge >= 0.3 is 0 Å². The van der Waals surface area contributed by atoms with E-state index in [9.17, 15) is 4.79 Å². The number of aromatic nitrogens is 6. The Hall–Kier alpha value is -2.97. The van der Waals surface area contributed by atoms with Crippen molar-refractivity contribution in [3.05, 3.63) is 24.3 Å². The van der Waals surface area contributed by atoms with E-state index in [1.807, 2.05) is 0 Å². The molecule has 1 amide bonds. The number of nitrogens with two attached hydrogens (primary N) is 1. The summed E-state index contributed by atoms with van der Waals surface area (Å²) in [6.07, 6.45) is 4.40. The zero-order valence-corrected chi connectivity index (χ0v) is 9.95. The Balaban J connectivity index is 2.21. The highest BCUT2D eigenvalue weighted by molar-refractivity contribution is 5.92. The molecule has 0 aliphatic carbocycles. The minimum atomic E-state index is -0.546. The predicted molar refractivity (Wildman–Crippen MR) is 66.9 cm³/mol. The summed E-state index contributed by atoms with van der Waals surface area (Å²) in [6, 6.07) is 0. The molecular formula is C10H10N8O. The number of fused-ring (bicyclic) bond motifs is 1. The molecule has 96 valence electrons. The number of amides is 1. The van der Waals surface area contributed by atoms with Gasteiger partial charge in [-0.1, -0.05) is 0 Å². The molecule has 9 nitrogen and oxygen atoms in total. The van der Waals surface area contributed by atoms with Gasteiger partial charge in [0.25, 0.3) is 5.91 Å². The number of anilines is 1. The molecule has 0 saturated carbocycles. The molecule has 3 heterocycles. The quantitative estimate of drug-likeness (QED) is 0.590. The van der Waals surface area contributed by atoms with Crippen LogP contribution in [-0.2, 0) is 0 Å². The lowest BCUT2D eigenvalue weighted by Gasteiger charge is -2.04. The maximum atomic E-state index is 11.1. The molecule has 0 spiro atoms. The predicted octanol–water partition coefficient (Wildman–Crippen LogP) is -0.321. The Morgan fingerprint density at radius 1 is 1.47 bits per heavy atom. The third-order valence-corrected chi connectivity index (χ3v) is 2.57. The molecule has 3 aromatic heterocycles. The van der Waals surface area contributed by atoms with E-state index < -0.39 is 5.91 Å². The first-order valence-corrected chi connectivity index (χ1v) is 5.43. The monoisotopic (exact) mass is 258 g/mol. The number of nitrogens with zero attached hydrogens (tertiary/aromatic N) is 5. The van der Waals surface area contributed by atoms with Crippen molar-refractivity contribution < 1.29 is 4.79 Å². The number of rotatable bonds is 3. The largest absolute Gasteiger partial charge is 0.366 e. The number of imidazole rings is 1. The van der Waals surface area contributed by atoms with Crippen molar-refractivity contribution >= 4 is 23.0 Å². The van der Waals surface area contributed by atoms with Gasteiger partial charge in [-0.2, -0.15) is 15.1 Å². The second-order valence-electron chi connectivity index (χ2n) is 3.76. The minimum Gasteiger partial charge on any atom is -0.366 e. The van der Waals surface area contributed by atoms with Gasteiger partial charge < -0.3 is 16.0 Å². The van der Waals surface area contributed by atoms with Gasteiger partial charge in [-0.15, -0.1) is 0 Å². The SMILES string of the molecule is CNc1nc(-n2cc(C(N)=O)cn2)c2[nH]cnc2n1. The Labute approximate surface area is 106 Å². The number of carbonyl (C=O) groups excluding carboxylic acids is 1. The van der Waals surface area contributed by atoms with Crippen molar-refractivity contribution in [1.29, 1.82) is 0 Å². The van der Waals surface area contributed by atoms with Gasteiger partial charge in [0.05, 0.1) is 18.1 Å². The van der Waals surface area contributed by atoms with Crippen LogP contribution >= 0.6 is 0 Å². The summed E-state index contributed by atoms with van der Waals surface area (Å²) in [5.74, 6) is 0.347. The molecule has 0 radical (unpaired) electrons. The Morgan fingerprint density at radius 2 is 2.32 bits per heavy atom. The molecule has 3 rings (SSSR count). The van der Waals surface area contributed by atoms with Crippen LogP contribution < -0.4 is 11.1 Å². The van der Waals surface area contributed by atoms with E-state index in [-0.39, 0.29) is 0 Å². The molecule has 0 aliphatic heterocycles. The topological polar surface area (TPSA) is 127 Å². The Bertz CT molecular complexity index is 758. The molecule has 0 bridgehead atoms. The summed E-state index contributed by atoms with van der Waals surface area (Å²) in [4.78, 5) is 26.6. The van der Waals surface area contributed by atoms with Crippen LogP contribution in [0, 0.1) is 0 Å². The van der Waals surface area contributed by atoms with Crippen LogP contribution in [0.3, 0.4) is 0 Å². The summed E-state index contributed by atoms with van der Waals surface area (Å²) in [6.45, 7) is 0. The molecule has 0 fully saturated rings. The number of aromatic amines is 1. The average molecular weight is 258 g/mol. The van der Waals surface area contributed by atoms with Crippen molar-refractivity contribution in [2.24, 2.45) is 5.73 Å². The number of primary amides is 1. The number of hydrogen-bond donors (Lipinski definition) is 3. The Kier molecular flexibility index (Phi) is 2.37. The molecule has 4 N–H and O–H groups in total. The lowest BCUT2D eigenvalue weighted by molar-refractivity contribution is 0.100. The van der Waals surface area contributed by atoms with Gasteiger partial charge in [-0.25, -0.2) is 9.67 Å². The van der Waals surface area contributed by atoms with Crippen LogP contribution in [0.1, 0.15) is 10.4 Å². The van der Waals surface area contributed by atoms with Crippen LogP contribution in [0.4, 0.5) is 5.95 Å². The second kappa shape index (κ2) is 4.05. The van der Waals surface area contributed by atoms with Crippen molar-refractivity contribution in [2.75, 3.05) is 12.4 Å². The highest BCUT2D eigenvalue weighted by Crippen LogP contribution is 2.17. The smallest absolute Gasteiger partial charge is 0.251 e. The minimum absolute atomic E-state index is 0.303. The maximum absolute atomic E-state index is 11.1. The van der Waals surface area contributed by atoms with Gasteiger partial charge in [-0.05, 0) is 0 Å². The van der Waals surface area contributed by atoms with Crippen molar-refractivity contribution in [2.45, 2.75) is 0 Å². The first-order valence-electron chi connectivity index (χ1n) is 5.43. The fraction of sp³-hybridized carbons (Fsp3) is 0.100. The third-order valence-electron chi connectivity index (χ3n) is 2.57. The summed E-state index contributed by atoms with van der Waals surface area (Å²) in [5.41, 5.74) is 6.63. The van der Waals surface area contributed by atoms with Gasteiger partial charge in [0.15, 0.2) is 11.5 Å². The summed E-state index contributed by atoms with van der Waals surface area (Å²) >= 11 is 0. The third kappa shape index (κ3) is 1.76. The maximum Gasteiger partial charge on any atom is 0.251 e. The zero-order chi connectivity index (χ0) is 13.4. The molecular weight excluding hydrogens is 248 g/mol. The molecule has 0 aliphatic rings. The van der Waals surface area contributed by atoms with E-state index in [0.29, 0.717) is 28.5 Å². The molecule has 0 unspecified atom stereocenters. The van der Waals surface area contributed by atoms with Gasteiger partial charge in [0.2, 0.25) is 5.95 Å².